The van der Waals surface area contributed by atoms with Gasteiger partial charge in [0, 0.05) is 10.4 Å². The fraction of sp³-hybridized carbons (Fsp3) is 0.333. The molecule has 0 amide bonds. The van der Waals surface area contributed by atoms with Crippen molar-refractivity contribution in [3.63, 3.8) is 0 Å². The molecule has 2 unspecified atom stereocenters. The maximum atomic E-state index is 9.53. The monoisotopic (exact) mass is 214 g/mol. The van der Waals surface area contributed by atoms with Gasteiger partial charge in [0.2, 0.25) is 0 Å². The molecular weight excluding hydrogens is 204 g/mol. The zero-order chi connectivity index (χ0) is 8.27. The molecule has 1 aliphatic carbocycles. The number of rotatable bonds is 3. The first-order valence-corrected chi connectivity index (χ1v) is 4.38. The Bertz CT molecular complexity index is 206. The van der Waals surface area contributed by atoms with E-state index >= 15 is 0 Å². The summed E-state index contributed by atoms with van der Waals surface area (Å²) in [6.07, 6.45) is 7.92. The van der Waals surface area contributed by atoms with E-state index in [4.69, 9.17) is 0 Å². The summed E-state index contributed by atoms with van der Waals surface area (Å²) in [6, 6.07) is 0. The standard InChI is InChI=1S/C9H11BrO/c1-2-4-9(11)7-5-3-6-8(7)10/h2-3,5-7,9,11H,1,4H2. The van der Waals surface area contributed by atoms with E-state index in [0.29, 0.717) is 6.42 Å². The van der Waals surface area contributed by atoms with Gasteiger partial charge in [0.05, 0.1) is 6.10 Å². The molecule has 0 aliphatic heterocycles. The minimum atomic E-state index is -0.336. The summed E-state index contributed by atoms with van der Waals surface area (Å²) >= 11 is 3.38. The molecule has 0 bridgehead atoms. The highest BCUT2D eigenvalue weighted by molar-refractivity contribution is 9.11. The number of hydrogen-bond acceptors (Lipinski definition) is 1. The number of hydrogen-bond donors (Lipinski definition) is 1. The molecule has 11 heavy (non-hydrogen) atoms. The van der Waals surface area contributed by atoms with Crippen molar-refractivity contribution in [3.8, 4) is 0 Å². The minimum Gasteiger partial charge on any atom is -0.392 e. The van der Waals surface area contributed by atoms with Crippen molar-refractivity contribution in [3.05, 3.63) is 35.4 Å². The number of aliphatic hydroxyl groups excluding tert-OH is 1. The molecule has 0 saturated carbocycles. The third kappa shape index (κ3) is 2.04. The molecule has 2 atom stereocenters. The minimum absolute atomic E-state index is 0.132. The van der Waals surface area contributed by atoms with Crippen molar-refractivity contribution in [1.29, 1.82) is 0 Å². The van der Waals surface area contributed by atoms with E-state index in [1.165, 1.54) is 0 Å². The number of halogens is 1. The van der Waals surface area contributed by atoms with E-state index in [0.717, 1.165) is 4.48 Å². The lowest BCUT2D eigenvalue weighted by atomic mass is 10.0. The first kappa shape index (κ1) is 8.75. The zero-order valence-corrected chi connectivity index (χ0v) is 7.79. The predicted octanol–water partition coefficient (Wildman–Crippen LogP) is 2.39. The third-order valence-electron chi connectivity index (χ3n) is 1.72. The first-order valence-electron chi connectivity index (χ1n) is 3.58. The molecule has 1 aliphatic rings. The highest BCUT2D eigenvalue weighted by Crippen LogP contribution is 2.28. The van der Waals surface area contributed by atoms with Crippen molar-refractivity contribution in [2.45, 2.75) is 12.5 Å². The maximum absolute atomic E-state index is 9.53. The first-order chi connectivity index (χ1) is 5.25. The van der Waals surface area contributed by atoms with Gasteiger partial charge in [-0.3, -0.25) is 0 Å². The Morgan fingerprint density at radius 2 is 2.55 bits per heavy atom. The zero-order valence-electron chi connectivity index (χ0n) is 6.20. The Balaban J connectivity index is 2.54. The van der Waals surface area contributed by atoms with Gasteiger partial charge in [-0.2, -0.15) is 0 Å². The van der Waals surface area contributed by atoms with Crippen LogP contribution in [0.1, 0.15) is 6.42 Å². The van der Waals surface area contributed by atoms with Crippen molar-refractivity contribution < 1.29 is 5.11 Å². The second-order valence-corrected chi connectivity index (χ2v) is 3.47. The van der Waals surface area contributed by atoms with Gasteiger partial charge in [0.25, 0.3) is 0 Å². The van der Waals surface area contributed by atoms with Crippen LogP contribution in [0.2, 0.25) is 0 Å². The second-order valence-electron chi connectivity index (χ2n) is 2.55. The van der Waals surface area contributed by atoms with Crippen LogP contribution < -0.4 is 0 Å². The van der Waals surface area contributed by atoms with Crippen LogP contribution in [0, 0.1) is 5.92 Å². The van der Waals surface area contributed by atoms with E-state index in [1.54, 1.807) is 6.08 Å². The summed E-state index contributed by atoms with van der Waals surface area (Å²) in [5.74, 6) is 0.132. The van der Waals surface area contributed by atoms with Crippen LogP contribution >= 0.6 is 15.9 Å². The Hall–Kier alpha value is -0.340. The summed E-state index contributed by atoms with van der Waals surface area (Å²) in [5.41, 5.74) is 0. The summed E-state index contributed by atoms with van der Waals surface area (Å²) in [4.78, 5) is 0. The molecule has 0 spiro atoms. The van der Waals surface area contributed by atoms with Crippen LogP contribution in [0.15, 0.2) is 35.4 Å². The molecule has 2 heteroatoms. The van der Waals surface area contributed by atoms with Gasteiger partial charge in [-0.1, -0.05) is 40.2 Å². The van der Waals surface area contributed by atoms with Gasteiger partial charge in [-0.25, -0.2) is 0 Å². The summed E-state index contributed by atoms with van der Waals surface area (Å²) in [6.45, 7) is 3.58. The lowest BCUT2D eigenvalue weighted by Gasteiger charge is -2.14. The third-order valence-corrected chi connectivity index (χ3v) is 2.51. The molecule has 0 saturated heterocycles. The molecule has 1 rings (SSSR count). The van der Waals surface area contributed by atoms with Crippen molar-refractivity contribution in [1.82, 2.24) is 0 Å². The van der Waals surface area contributed by atoms with Crippen molar-refractivity contribution >= 4 is 15.9 Å². The molecule has 0 fully saturated rings. The summed E-state index contributed by atoms with van der Waals surface area (Å²) < 4.78 is 1.05. The Morgan fingerprint density at radius 3 is 3.00 bits per heavy atom. The highest BCUT2D eigenvalue weighted by Gasteiger charge is 2.19. The Labute approximate surface area is 75.2 Å². The average Bonchev–Trinajstić information content (AvgIpc) is 2.36. The quantitative estimate of drug-likeness (QED) is 0.716. The van der Waals surface area contributed by atoms with Crippen LogP contribution in [0.3, 0.4) is 0 Å². The predicted molar refractivity (Wildman–Crippen MR) is 50.5 cm³/mol. The molecule has 0 aromatic carbocycles. The van der Waals surface area contributed by atoms with Gasteiger partial charge in [0.15, 0.2) is 0 Å². The van der Waals surface area contributed by atoms with E-state index in [-0.39, 0.29) is 12.0 Å². The topological polar surface area (TPSA) is 20.2 Å². The summed E-state index contributed by atoms with van der Waals surface area (Å²) in [7, 11) is 0. The van der Waals surface area contributed by atoms with Gasteiger partial charge in [-0.05, 0) is 6.42 Å². The Morgan fingerprint density at radius 1 is 1.82 bits per heavy atom. The molecule has 1 N–H and O–H groups in total. The molecule has 60 valence electrons. The lowest BCUT2D eigenvalue weighted by molar-refractivity contribution is 0.152. The second kappa shape index (κ2) is 3.88. The normalized spacial score (nSPS) is 24.9. The largest absolute Gasteiger partial charge is 0.392 e. The van der Waals surface area contributed by atoms with Gasteiger partial charge >= 0.3 is 0 Å². The number of aliphatic hydroxyl groups is 1. The number of allylic oxidation sites excluding steroid dienone is 2. The highest BCUT2D eigenvalue weighted by atomic mass is 79.9. The Kier molecular flexibility index (Phi) is 3.09. The SMILES string of the molecule is C=CCC(O)C1C=CC=C1Br. The van der Waals surface area contributed by atoms with Crippen LogP contribution in [-0.4, -0.2) is 11.2 Å². The van der Waals surface area contributed by atoms with E-state index < -0.39 is 0 Å². The molecule has 0 aromatic rings. The molecule has 0 aromatic heterocycles. The van der Waals surface area contributed by atoms with Crippen LogP contribution in [0.4, 0.5) is 0 Å². The fourth-order valence-electron chi connectivity index (χ4n) is 1.10. The van der Waals surface area contributed by atoms with Gasteiger partial charge in [0.1, 0.15) is 0 Å². The van der Waals surface area contributed by atoms with Gasteiger partial charge in [-0.15, -0.1) is 6.58 Å². The molecule has 1 nitrogen and oxygen atoms in total. The van der Waals surface area contributed by atoms with Crippen LogP contribution in [0.25, 0.3) is 0 Å². The van der Waals surface area contributed by atoms with Gasteiger partial charge < -0.3 is 5.11 Å². The smallest absolute Gasteiger partial charge is 0.0682 e. The summed E-state index contributed by atoms with van der Waals surface area (Å²) in [5, 5.41) is 9.53. The fourth-order valence-corrected chi connectivity index (χ4v) is 1.71. The van der Waals surface area contributed by atoms with Crippen LogP contribution in [0.5, 0.6) is 0 Å². The van der Waals surface area contributed by atoms with Crippen molar-refractivity contribution in [2.75, 3.05) is 0 Å². The van der Waals surface area contributed by atoms with E-state index in [1.807, 2.05) is 18.2 Å². The van der Waals surface area contributed by atoms with E-state index in [2.05, 4.69) is 22.5 Å². The van der Waals surface area contributed by atoms with E-state index in [9.17, 15) is 5.11 Å². The molecular formula is C9H11BrO. The molecule has 0 heterocycles. The van der Waals surface area contributed by atoms with Crippen molar-refractivity contribution in [2.24, 2.45) is 5.92 Å². The van der Waals surface area contributed by atoms with Crippen LogP contribution in [-0.2, 0) is 0 Å². The average molecular weight is 215 g/mol. The lowest BCUT2D eigenvalue weighted by Crippen LogP contribution is -2.16. The maximum Gasteiger partial charge on any atom is 0.0682 e. The molecule has 0 radical (unpaired) electrons.